The number of hydrogen-bond donors (Lipinski definition) is 2. The van der Waals surface area contributed by atoms with Gasteiger partial charge in [-0.25, -0.2) is 4.79 Å². The highest BCUT2D eigenvalue weighted by molar-refractivity contribution is 6.09. The summed E-state index contributed by atoms with van der Waals surface area (Å²) in [4.78, 5) is 43.2. The monoisotopic (exact) mass is 468 g/mol. The number of H-pyrrole nitrogens is 1. The molecule has 2 N–H and O–H groups in total. The lowest BCUT2D eigenvalue weighted by molar-refractivity contribution is -0.127. The molecule has 0 saturated carbocycles. The van der Waals surface area contributed by atoms with Gasteiger partial charge in [0.05, 0.1) is 12.6 Å². The van der Waals surface area contributed by atoms with Crippen molar-refractivity contribution in [1.29, 1.82) is 0 Å². The van der Waals surface area contributed by atoms with Crippen molar-refractivity contribution >= 4 is 28.6 Å². The van der Waals surface area contributed by atoms with Gasteiger partial charge in [0.2, 0.25) is 0 Å². The molecule has 0 radical (unpaired) electrons. The van der Waals surface area contributed by atoms with Crippen LogP contribution in [0.4, 0.5) is 4.79 Å². The molecule has 0 bridgehead atoms. The number of nitrogens with one attached hydrogen (secondary N) is 2. The third-order valence-corrected chi connectivity index (χ3v) is 6.96. The largest absolute Gasteiger partial charge is 0.361 e. The van der Waals surface area contributed by atoms with E-state index in [1.807, 2.05) is 68.6 Å². The maximum absolute atomic E-state index is 13.2. The third-order valence-electron chi connectivity index (χ3n) is 6.96. The number of aryl methyl sites for hydroxylation is 1. The van der Waals surface area contributed by atoms with Crippen LogP contribution in [0, 0.1) is 13.8 Å². The Morgan fingerprint density at radius 2 is 1.74 bits per heavy atom. The number of aromatic nitrogens is 2. The van der Waals surface area contributed by atoms with Gasteiger partial charge in [0.1, 0.15) is 6.04 Å². The molecule has 2 aromatic heterocycles. The Morgan fingerprint density at radius 3 is 2.51 bits per heavy atom. The van der Waals surface area contributed by atoms with Crippen LogP contribution in [0.1, 0.15) is 45.8 Å². The van der Waals surface area contributed by atoms with Gasteiger partial charge in [0, 0.05) is 40.5 Å². The Morgan fingerprint density at radius 1 is 1.03 bits per heavy atom. The van der Waals surface area contributed by atoms with Crippen molar-refractivity contribution < 1.29 is 14.4 Å². The van der Waals surface area contributed by atoms with Crippen molar-refractivity contribution in [3.8, 4) is 0 Å². The van der Waals surface area contributed by atoms with Crippen molar-refractivity contribution in [2.75, 3.05) is 6.54 Å². The van der Waals surface area contributed by atoms with Crippen LogP contribution < -0.4 is 5.32 Å². The molecule has 1 aliphatic rings. The van der Waals surface area contributed by atoms with E-state index in [1.165, 1.54) is 0 Å². The molecule has 2 atom stereocenters. The standard InChI is InChI=1S/C28H28N4O3/c1-17-13-23(19(3)32(17)18(2)20-9-5-4-6-10-20)26(33)16-31-27(34)25(30-28(31)35)14-21-15-29-24-12-8-7-11-22(21)24/h4-13,15,18,25,29H,14,16H2,1-3H3,(H,30,35)/t18-,25+/m1/s1. The highest BCUT2D eigenvalue weighted by atomic mass is 16.2. The number of hydrogen-bond acceptors (Lipinski definition) is 3. The quantitative estimate of drug-likeness (QED) is 0.308. The van der Waals surface area contributed by atoms with E-state index in [4.69, 9.17) is 0 Å². The van der Waals surface area contributed by atoms with E-state index in [9.17, 15) is 14.4 Å². The summed E-state index contributed by atoms with van der Waals surface area (Å²) in [5.41, 5.74) is 5.38. The number of nitrogens with zero attached hydrogens (tertiary/aromatic N) is 2. The summed E-state index contributed by atoms with van der Waals surface area (Å²) < 4.78 is 2.12. The van der Waals surface area contributed by atoms with Crippen molar-refractivity contribution in [3.05, 3.63) is 94.9 Å². The highest BCUT2D eigenvalue weighted by Gasteiger charge is 2.39. The molecule has 4 aromatic rings. The molecule has 7 nitrogen and oxygen atoms in total. The van der Waals surface area contributed by atoms with Gasteiger partial charge in [-0.2, -0.15) is 0 Å². The molecule has 1 fully saturated rings. The second-order valence-corrected chi connectivity index (χ2v) is 9.15. The van der Waals surface area contributed by atoms with Crippen LogP contribution in [-0.2, 0) is 11.2 Å². The van der Waals surface area contributed by atoms with Crippen LogP contribution in [0.5, 0.6) is 0 Å². The first-order valence-corrected chi connectivity index (χ1v) is 11.8. The second-order valence-electron chi connectivity index (χ2n) is 9.15. The van der Waals surface area contributed by atoms with Crippen LogP contribution in [0.2, 0.25) is 0 Å². The number of carbonyl (C=O) groups is 3. The fraction of sp³-hybridized carbons (Fsp3) is 0.250. The molecule has 3 amide bonds. The Kier molecular flexibility index (Phi) is 5.76. The lowest BCUT2D eigenvalue weighted by atomic mass is 10.0. The third kappa shape index (κ3) is 4.03. The molecule has 5 rings (SSSR count). The number of benzene rings is 2. The zero-order valence-electron chi connectivity index (χ0n) is 20.0. The summed E-state index contributed by atoms with van der Waals surface area (Å²) in [7, 11) is 0. The fourth-order valence-corrected chi connectivity index (χ4v) is 5.15. The van der Waals surface area contributed by atoms with Crippen molar-refractivity contribution in [2.45, 2.75) is 39.3 Å². The number of fused-ring (bicyclic) bond motifs is 1. The number of imide groups is 1. The molecule has 1 saturated heterocycles. The van der Waals surface area contributed by atoms with Gasteiger partial charge in [0.15, 0.2) is 5.78 Å². The molecule has 2 aromatic carbocycles. The van der Waals surface area contributed by atoms with Crippen LogP contribution >= 0.6 is 0 Å². The van der Waals surface area contributed by atoms with Crippen LogP contribution in [0.15, 0.2) is 66.9 Å². The maximum atomic E-state index is 13.2. The molecular weight excluding hydrogens is 440 g/mol. The first kappa shape index (κ1) is 22.7. The summed E-state index contributed by atoms with van der Waals surface area (Å²) >= 11 is 0. The van der Waals surface area contributed by atoms with E-state index < -0.39 is 12.1 Å². The lowest BCUT2D eigenvalue weighted by Crippen LogP contribution is -2.36. The van der Waals surface area contributed by atoms with Crippen molar-refractivity contribution in [2.24, 2.45) is 0 Å². The normalized spacial score (nSPS) is 16.7. The predicted octanol–water partition coefficient (Wildman–Crippen LogP) is 4.54. The minimum absolute atomic E-state index is 0.0509. The number of carbonyl (C=O) groups excluding carboxylic acids is 3. The molecule has 35 heavy (non-hydrogen) atoms. The molecule has 0 spiro atoms. The molecule has 7 heteroatoms. The van der Waals surface area contributed by atoms with Gasteiger partial charge in [-0.1, -0.05) is 48.5 Å². The maximum Gasteiger partial charge on any atom is 0.325 e. The number of rotatable bonds is 7. The Labute approximate surface area is 203 Å². The minimum atomic E-state index is -0.694. The average Bonchev–Trinajstić information content (AvgIpc) is 3.49. The molecule has 0 aliphatic carbocycles. The van der Waals surface area contributed by atoms with Gasteiger partial charge in [0.25, 0.3) is 5.91 Å². The van der Waals surface area contributed by atoms with E-state index >= 15 is 0 Å². The topological polar surface area (TPSA) is 87.2 Å². The lowest BCUT2D eigenvalue weighted by Gasteiger charge is -2.19. The molecule has 1 aliphatic heterocycles. The smallest absolute Gasteiger partial charge is 0.325 e. The number of amides is 3. The fourth-order valence-electron chi connectivity index (χ4n) is 5.15. The molecule has 3 heterocycles. The van der Waals surface area contributed by atoms with Gasteiger partial charge in [-0.15, -0.1) is 0 Å². The Hall–Kier alpha value is -4.13. The van der Waals surface area contributed by atoms with Gasteiger partial charge in [-0.05, 0) is 44.0 Å². The first-order valence-electron chi connectivity index (χ1n) is 11.8. The van der Waals surface area contributed by atoms with E-state index in [0.29, 0.717) is 12.0 Å². The minimum Gasteiger partial charge on any atom is -0.361 e. The predicted molar refractivity (Wildman–Crippen MR) is 135 cm³/mol. The van der Waals surface area contributed by atoms with E-state index in [0.717, 1.165) is 38.3 Å². The number of para-hydroxylation sites is 1. The van der Waals surface area contributed by atoms with Gasteiger partial charge < -0.3 is 14.9 Å². The number of Topliss-reactive ketones (excluding diaryl/α,β-unsaturated/α-hetero) is 1. The van der Waals surface area contributed by atoms with Crippen LogP contribution in [-0.4, -0.2) is 44.8 Å². The van der Waals surface area contributed by atoms with Gasteiger partial charge >= 0.3 is 6.03 Å². The highest BCUT2D eigenvalue weighted by Crippen LogP contribution is 2.26. The molecule has 178 valence electrons. The Bertz CT molecular complexity index is 1430. The summed E-state index contributed by atoms with van der Waals surface area (Å²) in [6.45, 7) is 5.69. The zero-order valence-corrected chi connectivity index (χ0v) is 20.0. The number of ketones is 1. The molecular formula is C28H28N4O3. The summed E-state index contributed by atoms with van der Waals surface area (Å²) in [5, 5.41) is 3.77. The van der Waals surface area contributed by atoms with E-state index in [-0.39, 0.29) is 24.3 Å². The number of urea groups is 1. The summed E-state index contributed by atoms with van der Waals surface area (Å²) in [5.74, 6) is -0.624. The zero-order chi connectivity index (χ0) is 24.7. The summed E-state index contributed by atoms with van der Waals surface area (Å²) in [6.07, 6.45) is 2.23. The SMILES string of the molecule is Cc1cc(C(=O)CN2C(=O)N[C@@H](Cc3c[nH]c4ccccc34)C2=O)c(C)n1[C@H](C)c1ccccc1. The second kappa shape index (κ2) is 8.91. The first-order chi connectivity index (χ1) is 16.8. The van der Waals surface area contributed by atoms with Crippen molar-refractivity contribution in [3.63, 3.8) is 0 Å². The number of aromatic amines is 1. The van der Waals surface area contributed by atoms with Crippen LogP contribution in [0.3, 0.4) is 0 Å². The average molecular weight is 469 g/mol. The van der Waals surface area contributed by atoms with Gasteiger partial charge in [-0.3, -0.25) is 14.5 Å². The van der Waals surface area contributed by atoms with Crippen molar-refractivity contribution in [1.82, 2.24) is 19.8 Å². The van der Waals surface area contributed by atoms with E-state index in [2.05, 4.69) is 33.9 Å². The summed E-state index contributed by atoms with van der Waals surface area (Å²) in [6, 6.07) is 18.6. The molecule has 0 unspecified atom stereocenters. The van der Waals surface area contributed by atoms with Crippen LogP contribution in [0.25, 0.3) is 10.9 Å². The Balaban J connectivity index is 1.33. The van der Waals surface area contributed by atoms with E-state index in [1.54, 1.807) is 0 Å².